The van der Waals surface area contributed by atoms with Gasteiger partial charge in [0, 0.05) is 48.0 Å². The molecular weight excluding hydrogens is 787 g/mol. The number of aromatic amines is 1. The Labute approximate surface area is 368 Å². The number of rotatable bonds is 18. The summed E-state index contributed by atoms with van der Waals surface area (Å²) in [6.45, 7) is 4.31. The number of piperidine rings is 1. The first-order chi connectivity index (χ1) is 30.9. The average molecular weight is 842 g/mol. The van der Waals surface area contributed by atoms with Crippen molar-refractivity contribution in [3.8, 4) is 16.9 Å². The van der Waals surface area contributed by atoms with Crippen molar-refractivity contribution >= 4 is 34.1 Å². The van der Waals surface area contributed by atoms with Crippen molar-refractivity contribution in [3.05, 3.63) is 190 Å². The number of amides is 1. The summed E-state index contributed by atoms with van der Waals surface area (Å²) in [5.41, 5.74) is 9.47. The van der Waals surface area contributed by atoms with Gasteiger partial charge in [-0.05, 0) is 115 Å². The highest BCUT2D eigenvalue weighted by Crippen LogP contribution is 2.31. The van der Waals surface area contributed by atoms with Gasteiger partial charge < -0.3 is 35.1 Å². The number of aryl methyl sites for hydroxylation is 1. The van der Waals surface area contributed by atoms with Crippen LogP contribution in [0.4, 0.5) is 21.9 Å². The van der Waals surface area contributed by atoms with E-state index in [1.165, 1.54) is 17.2 Å². The van der Waals surface area contributed by atoms with E-state index in [4.69, 9.17) is 9.47 Å². The predicted molar refractivity (Wildman–Crippen MR) is 253 cm³/mol. The van der Waals surface area contributed by atoms with Gasteiger partial charge in [-0.3, -0.25) is 10.1 Å². The van der Waals surface area contributed by atoms with Gasteiger partial charge in [0.05, 0.1) is 17.3 Å². The number of nitrogens with one attached hydrogen (secondary N) is 4. The van der Waals surface area contributed by atoms with E-state index in [2.05, 4.69) is 74.4 Å². The van der Waals surface area contributed by atoms with Crippen molar-refractivity contribution in [2.75, 3.05) is 43.4 Å². The minimum Gasteiger partial charge on any atom is -0.487 e. The second-order valence-corrected chi connectivity index (χ2v) is 16.1. The molecule has 10 nitrogen and oxygen atoms in total. The molecule has 322 valence electrons. The van der Waals surface area contributed by atoms with Crippen molar-refractivity contribution < 1.29 is 19.4 Å². The Kier molecular flexibility index (Phi) is 14.6. The smallest absolute Gasteiger partial charge is 0.411 e. The number of likely N-dealkylation sites (tertiary alicyclic amines) is 1. The molecule has 1 aliphatic rings. The van der Waals surface area contributed by atoms with Gasteiger partial charge in [-0.2, -0.15) is 0 Å². The second kappa shape index (κ2) is 21.4. The molecule has 1 saturated heterocycles. The second-order valence-electron chi connectivity index (χ2n) is 16.1. The largest absolute Gasteiger partial charge is 0.487 e. The molecule has 63 heavy (non-hydrogen) atoms. The normalized spacial score (nSPS) is 13.7. The number of pyridine rings is 1. The number of nitrogens with zero attached hydrogens (tertiary/aromatic N) is 1. The van der Waals surface area contributed by atoms with Crippen LogP contribution in [0.2, 0.25) is 0 Å². The number of hydrogen-bond acceptors (Lipinski definition) is 8. The molecule has 1 fully saturated rings. The molecule has 2 heterocycles. The Bertz CT molecular complexity index is 2590. The quantitative estimate of drug-likeness (QED) is 0.0541. The van der Waals surface area contributed by atoms with Gasteiger partial charge in [0.25, 0.3) is 0 Å². The van der Waals surface area contributed by atoms with Crippen LogP contribution in [0.3, 0.4) is 0 Å². The lowest BCUT2D eigenvalue weighted by Crippen LogP contribution is -2.39. The number of carbonyl (C=O) groups is 1. The highest BCUT2D eigenvalue weighted by atomic mass is 16.6. The Morgan fingerprint density at radius 3 is 2.13 bits per heavy atom. The fourth-order valence-corrected chi connectivity index (χ4v) is 8.16. The highest BCUT2D eigenvalue weighted by Gasteiger charge is 2.23. The van der Waals surface area contributed by atoms with E-state index in [-0.39, 0.29) is 11.7 Å². The third-order valence-corrected chi connectivity index (χ3v) is 11.6. The van der Waals surface area contributed by atoms with E-state index >= 15 is 0 Å². The maximum Gasteiger partial charge on any atom is 0.411 e. The van der Waals surface area contributed by atoms with Crippen LogP contribution in [0.15, 0.2) is 163 Å². The standard InChI is InChI=1S/C53H55N5O5/c59-49(46-25-27-50(52-47(46)26-28-51(60)57-52)62-37-40-10-3-1-4-11-40)36-54-32-29-39-19-23-43(24-20-39)55-42-21-17-38(18-22-42)12-9-33-58-34-30-44(31-35-58)63-53(61)56-48-16-8-7-15-45(48)41-13-5-2-6-14-41/h1-8,10-11,13-28,44,49,54-55,59H,9,12,29-37H2,(H,56,61)(H,57,60)/t49-/m1/s1. The van der Waals surface area contributed by atoms with Crippen molar-refractivity contribution in [1.82, 2.24) is 15.2 Å². The molecular formula is C53H55N5O5. The lowest BCUT2D eigenvalue weighted by Gasteiger charge is -2.31. The summed E-state index contributed by atoms with van der Waals surface area (Å²) < 4.78 is 11.9. The van der Waals surface area contributed by atoms with Crippen LogP contribution in [0.5, 0.6) is 5.75 Å². The van der Waals surface area contributed by atoms with Crippen LogP contribution in [-0.2, 0) is 24.2 Å². The number of carbonyl (C=O) groups excluding carboxylic acids is 1. The van der Waals surface area contributed by atoms with E-state index < -0.39 is 12.2 Å². The molecule has 0 unspecified atom stereocenters. The van der Waals surface area contributed by atoms with Gasteiger partial charge in [-0.1, -0.05) is 109 Å². The van der Waals surface area contributed by atoms with Gasteiger partial charge in [-0.25, -0.2) is 4.79 Å². The minimum absolute atomic E-state index is 0.0798. The topological polar surface area (TPSA) is 128 Å². The lowest BCUT2D eigenvalue weighted by molar-refractivity contribution is 0.0587. The monoisotopic (exact) mass is 841 g/mol. The molecule has 1 aliphatic heterocycles. The number of anilines is 3. The minimum atomic E-state index is -0.763. The van der Waals surface area contributed by atoms with Crippen LogP contribution in [-0.4, -0.2) is 59.9 Å². The number of aromatic nitrogens is 1. The summed E-state index contributed by atoms with van der Waals surface area (Å²) in [7, 11) is 0. The number of hydrogen-bond donors (Lipinski definition) is 5. The zero-order chi connectivity index (χ0) is 43.2. The molecule has 8 rings (SSSR count). The molecule has 5 N–H and O–H groups in total. The van der Waals surface area contributed by atoms with Gasteiger partial charge >= 0.3 is 6.09 Å². The lowest BCUT2D eigenvalue weighted by atomic mass is 10.0. The summed E-state index contributed by atoms with van der Waals surface area (Å²) in [5, 5.41) is 21.8. The van der Waals surface area contributed by atoms with Crippen molar-refractivity contribution in [1.29, 1.82) is 0 Å². The number of aliphatic hydroxyl groups excluding tert-OH is 1. The molecule has 1 amide bonds. The van der Waals surface area contributed by atoms with E-state index in [0.717, 1.165) is 96.4 Å². The molecule has 0 spiro atoms. The molecule has 0 saturated carbocycles. The van der Waals surface area contributed by atoms with Gasteiger partial charge in [0.2, 0.25) is 5.56 Å². The van der Waals surface area contributed by atoms with E-state index in [9.17, 15) is 14.7 Å². The summed E-state index contributed by atoms with van der Waals surface area (Å²) in [6, 6.07) is 51.7. The van der Waals surface area contributed by atoms with Gasteiger partial charge in [-0.15, -0.1) is 0 Å². The average Bonchev–Trinajstić information content (AvgIpc) is 3.32. The zero-order valence-electron chi connectivity index (χ0n) is 35.5. The third kappa shape index (κ3) is 12.0. The predicted octanol–water partition coefficient (Wildman–Crippen LogP) is 10.0. The summed E-state index contributed by atoms with van der Waals surface area (Å²) in [6.07, 6.45) is 3.33. The van der Waals surface area contributed by atoms with Crippen molar-refractivity contribution in [3.63, 3.8) is 0 Å². The first kappa shape index (κ1) is 42.9. The van der Waals surface area contributed by atoms with Gasteiger partial charge in [0.1, 0.15) is 18.5 Å². The van der Waals surface area contributed by atoms with E-state index in [1.54, 1.807) is 6.07 Å². The van der Waals surface area contributed by atoms with E-state index in [0.29, 0.717) is 31.0 Å². The molecule has 0 radical (unpaired) electrons. The summed E-state index contributed by atoms with van der Waals surface area (Å²) in [5.74, 6) is 0.569. The number of para-hydroxylation sites is 1. The van der Waals surface area contributed by atoms with Crippen LogP contribution in [0.1, 0.15) is 47.6 Å². The van der Waals surface area contributed by atoms with Crippen LogP contribution in [0.25, 0.3) is 22.0 Å². The number of aliphatic hydroxyl groups is 1. The maximum atomic E-state index is 12.8. The Morgan fingerprint density at radius 2 is 1.40 bits per heavy atom. The van der Waals surface area contributed by atoms with Gasteiger partial charge in [0.15, 0.2) is 0 Å². The molecule has 1 atom stereocenters. The first-order valence-corrected chi connectivity index (χ1v) is 21.9. The Balaban J connectivity index is 0.718. The fraction of sp³-hybridized carbons (Fsp3) is 0.245. The molecule has 6 aromatic carbocycles. The van der Waals surface area contributed by atoms with Crippen molar-refractivity contribution in [2.24, 2.45) is 0 Å². The number of benzene rings is 6. The fourth-order valence-electron chi connectivity index (χ4n) is 8.16. The third-order valence-electron chi connectivity index (χ3n) is 11.6. The molecule has 7 aromatic rings. The van der Waals surface area contributed by atoms with E-state index in [1.807, 2.05) is 97.1 Å². The number of fused-ring (bicyclic) bond motifs is 1. The molecule has 10 heteroatoms. The van der Waals surface area contributed by atoms with Crippen LogP contribution in [0, 0.1) is 0 Å². The Hall–Kier alpha value is -6.72. The summed E-state index contributed by atoms with van der Waals surface area (Å²) in [4.78, 5) is 30.4. The molecule has 1 aromatic heterocycles. The molecule has 0 aliphatic carbocycles. The Morgan fingerprint density at radius 1 is 0.730 bits per heavy atom. The SMILES string of the molecule is O=C(Nc1ccccc1-c1ccccc1)OC1CCN(CCCc2ccc(Nc3ccc(CCNC[C@@H](O)c4ccc(OCc5ccccc5)c5[nH]c(=O)ccc45)cc3)cc2)CC1. The molecule has 0 bridgehead atoms. The summed E-state index contributed by atoms with van der Waals surface area (Å²) >= 11 is 0. The van der Waals surface area contributed by atoms with Crippen molar-refractivity contribution in [2.45, 2.75) is 50.9 Å². The maximum absolute atomic E-state index is 12.8. The number of H-pyrrole nitrogens is 1. The first-order valence-electron chi connectivity index (χ1n) is 21.9. The highest BCUT2D eigenvalue weighted by molar-refractivity contribution is 5.91. The number of ether oxygens (including phenoxy) is 2. The van der Waals surface area contributed by atoms with Crippen LogP contribution >= 0.6 is 0 Å². The van der Waals surface area contributed by atoms with Crippen LogP contribution < -0.4 is 26.2 Å². The zero-order valence-corrected chi connectivity index (χ0v) is 35.5.